The average Bonchev–Trinajstić information content (AvgIpc) is 2.92. The van der Waals surface area contributed by atoms with E-state index < -0.39 is 5.97 Å². The molecule has 114 valence electrons. The van der Waals surface area contributed by atoms with Crippen LogP contribution in [0.1, 0.15) is 11.6 Å². The monoisotopic (exact) mass is 325 g/mol. The summed E-state index contributed by atoms with van der Waals surface area (Å²) in [6, 6.07) is 14.8. The smallest absolute Gasteiger partial charge is 0.352 e. The number of hydrogen-bond donors (Lipinski definition) is 2. The molecule has 0 amide bonds. The lowest BCUT2D eigenvalue weighted by Crippen LogP contribution is -2.23. The summed E-state index contributed by atoms with van der Waals surface area (Å²) in [6.45, 7) is 0. The van der Waals surface area contributed by atoms with E-state index >= 15 is 0 Å². The number of carboxylic acids is 1. The number of nitrogens with one attached hydrogen (secondary N) is 1. The number of fused-ring (bicyclic) bond motifs is 3. The summed E-state index contributed by atoms with van der Waals surface area (Å²) in [5.74, 6) is -0.508. The van der Waals surface area contributed by atoms with Crippen molar-refractivity contribution in [2.45, 2.75) is 6.04 Å². The molecule has 0 bridgehead atoms. The summed E-state index contributed by atoms with van der Waals surface area (Å²) in [5.41, 5.74) is 2.75. The van der Waals surface area contributed by atoms with Gasteiger partial charge in [-0.3, -0.25) is 4.57 Å². The number of halogens is 1. The number of para-hydroxylation sites is 2. The van der Waals surface area contributed by atoms with Gasteiger partial charge in [0, 0.05) is 5.02 Å². The summed E-state index contributed by atoms with van der Waals surface area (Å²) in [5, 5.41) is 12.9. The second-order valence-corrected chi connectivity index (χ2v) is 5.74. The molecular weight excluding hydrogens is 314 g/mol. The minimum absolute atomic E-state index is 0.109. The van der Waals surface area contributed by atoms with Crippen LogP contribution in [0.15, 0.2) is 60.3 Å². The third-order valence-electron chi connectivity index (χ3n) is 3.87. The first-order valence-electron chi connectivity index (χ1n) is 7.08. The molecule has 1 unspecified atom stereocenters. The Morgan fingerprint density at radius 3 is 2.83 bits per heavy atom. The lowest BCUT2D eigenvalue weighted by molar-refractivity contribution is -0.132. The topological polar surface area (TPSA) is 67.1 Å². The second kappa shape index (κ2) is 5.14. The van der Waals surface area contributed by atoms with E-state index in [1.54, 1.807) is 12.1 Å². The van der Waals surface area contributed by atoms with E-state index in [1.165, 1.54) is 0 Å². The van der Waals surface area contributed by atoms with Crippen molar-refractivity contribution in [2.75, 3.05) is 5.32 Å². The van der Waals surface area contributed by atoms with Gasteiger partial charge in [0.15, 0.2) is 0 Å². The van der Waals surface area contributed by atoms with Crippen molar-refractivity contribution in [2.24, 2.45) is 0 Å². The Hall–Kier alpha value is -2.79. The molecule has 2 aromatic carbocycles. The molecule has 1 aliphatic heterocycles. The van der Waals surface area contributed by atoms with E-state index in [1.807, 2.05) is 47.0 Å². The normalized spacial score (nSPS) is 16.6. The molecule has 0 saturated carbocycles. The van der Waals surface area contributed by atoms with Crippen LogP contribution in [0.5, 0.6) is 0 Å². The van der Waals surface area contributed by atoms with Gasteiger partial charge in [-0.1, -0.05) is 35.9 Å². The first kappa shape index (κ1) is 13.8. The van der Waals surface area contributed by atoms with Gasteiger partial charge in [0.25, 0.3) is 0 Å². The Labute approximate surface area is 136 Å². The fourth-order valence-corrected chi connectivity index (χ4v) is 3.07. The van der Waals surface area contributed by atoms with E-state index in [-0.39, 0.29) is 11.7 Å². The highest BCUT2D eigenvalue weighted by Gasteiger charge is 2.27. The number of anilines is 1. The molecule has 0 spiro atoms. The highest BCUT2D eigenvalue weighted by Crippen LogP contribution is 2.34. The van der Waals surface area contributed by atoms with Crippen LogP contribution in [0.25, 0.3) is 11.0 Å². The van der Waals surface area contributed by atoms with Crippen molar-refractivity contribution in [3.05, 3.63) is 70.9 Å². The highest BCUT2D eigenvalue weighted by atomic mass is 35.5. The molecule has 2 heterocycles. The van der Waals surface area contributed by atoms with E-state index in [2.05, 4.69) is 10.3 Å². The number of allylic oxidation sites excluding steroid dienone is 1. The molecule has 0 saturated heterocycles. The number of carboxylic acid groups (broad SMARTS) is 1. The van der Waals surface area contributed by atoms with E-state index in [0.717, 1.165) is 16.6 Å². The first-order valence-corrected chi connectivity index (χ1v) is 7.46. The predicted octanol–water partition coefficient (Wildman–Crippen LogP) is 3.67. The summed E-state index contributed by atoms with van der Waals surface area (Å²) in [7, 11) is 0. The van der Waals surface area contributed by atoms with Crippen LogP contribution in [-0.2, 0) is 4.79 Å². The number of benzene rings is 2. The quantitative estimate of drug-likeness (QED) is 0.754. The largest absolute Gasteiger partial charge is 0.477 e. The van der Waals surface area contributed by atoms with Gasteiger partial charge in [-0.15, -0.1) is 0 Å². The Bertz CT molecular complexity index is 961. The Balaban J connectivity index is 1.98. The molecule has 2 N–H and O–H groups in total. The van der Waals surface area contributed by atoms with Crippen LogP contribution in [0.3, 0.4) is 0 Å². The van der Waals surface area contributed by atoms with Crippen molar-refractivity contribution in [3.63, 3.8) is 0 Å². The Morgan fingerprint density at radius 1 is 1.22 bits per heavy atom. The fraction of sp³-hybridized carbons (Fsp3) is 0.0588. The molecule has 6 heteroatoms. The maximum absolute atomic E-state index is 11.4. The highest BCUT2D eigenvalue weighted by molar-refractivity contribution is 6.30. The third kappa shape index (κ3) is 2.26. The summed E-state index contributed by atoms with van der Waals surface area (Å²) >= 11 is 6.10. The lowest BCUT2D eigenvalue weighted by Gasteiger charge is -2.25. The van der Waals surface area contributed by atoms with Crippen LogP contribution in [0, 0.1) is 0 Å². The number of imidazole rings is 1. The number of hydrogen-bond acceptors (Lipinski definition) is 3. The number of nitrogens with zero attached hydrogens (tertiary/aromatic N) is 2. The SMILES string of the molecule is O=C(O)C1=CC(c2cccc(Cl)c2)n2c(nc3ccccc32)N1. The second-order valence-electron chi connectivity index (χ2n) is 5.30. The molecule has 0 fully saturated rings. The number of aliphatic carboxylic acids is 1. The van der Waals surface area contributed by atoms with E-state index in [9.17, 15) is 9.90 Å². The molecule has 1 aromatic heterocycles. The van der Waals surface area contributed by atoms with Crippen LogP contribution in [0.4, 0.5) is 5.95 Å². The minimum atomic E-state index is -1.02. The molecule has 1 aliphatic rings. The van der Waals surface area contributed by atoms with Crippen LogP contribution in [-0.4, -0.2) is 20.6 Å². The molecule has 23 heavy (non-hydrogen) atoms. The average molecular weight is 326 g/mol. The lowest BCUT2D eigenvalue weighted by atomic mass is 10.0. The van der Waals surface area contributed by atoms with Crippen molar-refractivity contribution >= 4 is 34.6 Å². The van der Waals surface area contributed by atoms with Crippen molar-refractivity contribution in [1.82, 2.24) is 9.55 Å². The molecule has 3 aromatic rings. The summed E-state index contributed by atoms with van der Waals surface area (Å²) in [6.07, 6.45) is 1.68. The molecule has 1 atom stereocenters. The van der Waals surface area contributed by atoms with Crippen molar-refractivity contribution in [3.8, 4) is 0 Å². The molecule has 4 rings (SSSR count). The first-order chi connectivity index (χ1) is 11.1. The maximum atomic E-state index is 11.4. The van der Waals surface area contributed by atoms with Gasteiger partial charge in [0.1, 0.15) is 5.70 Å². The summed E-state index contributed by atoms with van der Waals surface area (Å²) < 4.78 is 1.98. The fourth-order valence-electron chi connectivity index (χ4n) is 2.87. The molecule has 0 radical (unpaired) electrons. The molecular formula is C17H12ClN3O2. The van der Waals surface area contributed by atoms with E-state index in [4.69, 9.17) is 11.6 Å². The number of carbonyl (C=O) groups is 1. The zero-order chi connectivity index (χ0) is 16.0. The van der Waals surface area contributed by atoms with Gasteiger partial charge in [0.05, 0.1) is 17.1 Å². The number of rotatable bonds is 2. The van der Waals surface area contributed by atoms with Gasteiger partial charge in [-0.2, -0.15) is 0 Å². The van der Waals surface area contributed by atoms with Gasteiger partial charge in [-0.05, 0) is 35.9 Å². The van der Waals surface area contributed by atoms with Crippen LogP contribution < -0.4 is 5.32 Å². The molecule has 5 nitrogen and oxygen atoms in total. The molecule has 0 aliphatic carbocycles. The standard InChI is InChI=1S/C17H12ClN3O2/c18-11-5-3-4-10(8-11)15-9-13(16(22)23)20-17-19-12-6-1-2-7-14(12)21(15)17/h1-9,15H,(H,19,20)(H,22,23). The third-order valence-corrected chi connectivity index (χ3v) is 4.10. The number of aromatic nitrogens is 2. The van der Waals surface area contributed by atoms with Crippen LogP contribution in [0.2, 0.25) is 5.02 Å². The zero-order valence-electron chi connectivity index (χ0n) is 11.9. The van der Waals surface area contributed by atoms with Gasteiger partial charge >= 0.3 is 5.97 Å². The van der Waals surface area contributed by atoms with Gasteiger partial charge < -0.3 is 10.4 Å². The zero-order valence-corrected chi connectivity index (χ0v) is 12.7. The predicted molar refractivity (Wildman–Crippen MR) is 88.7 cm³/mol. The van der Waals surface area contributed by atoms with Crippen LogP contribution >= 0.6 is 11.6 Å². The summed E-state index contributed by atoms with van der Waals surface area (Å²) in [4.78, 5) is 15.9. The van der Waals surface area contributed by atoms with Gasteiger partial charge in [-0.25, -0.2) is 9.78 Å². The van der Waals surface area contributed by atoms with Crippen molar-refractivity contribution in [1.29, 1.82) is 0 Å². The Kier molecular flexibility index (Phi) is 3.09. The van der Waals surface area contributed by atoms with Crippen molar-refractivity contribution < 1.29 is 9.90 Å². The Morgan fingerprint density at radius 2 is 2.04 bits per heavy atom. The maximum Gasteiger partial charge on any atom is 0.352 e. The van der Waals surface area contributed by atoms with E-state index in [0.29, 0.717) is 11.0 Å². The van der Waals surface area contributed by atoms with Gasteiger partial charge in [0.2, 0.25) is 5.95 Å². The minimum Gasteiger partial charge on any atom is -0.477 e.